The van der Waals surface area contributed by atoms with Crippen molar-refractivity contribution >= 4 is 5.69 Å². The van der Waals surface area contributed by atoms with Crippen LogP contribution < -0.4 is 10.6 Å². The third-order valence-electron chi connectivity index (χ3n) is 4.06. The van der Waals surface area contributed by atoms with Gasteiger partial charge >= 0.3 is 0 Å². The van der Waals surface area contributed by atoms with E-state index in [1.165, 1.54) is 12.8 Å². The summed E-state index contributed by atoms with van der Waals surface area (Å²) < 4.78 is 0. The Labute approximate surface area is 119 Å². The summed E-state index contributed by atoms with van der Waals surface area (Å²) >= 11 is 0. The van der Waals surface area contributed by atoms with Gasteiger partial charge in [-0.2, -0.15) is 0 Å². The van der Waals surface area contributed by atoms with Gasteiger partial charge in [-0.05, 0) is 45.2 Å². The van der Waals surface area contributed by atoms with Crippen LogP contribution in [0.25, 0.3) is 0 Å². The van der Waals surface area contributed by atoms with Crippen LogP contribution in [0.1, 0.15) is 37.3 Å². The number of hydrogen-bond donors (Lipinski definition) is 2. The van der Waals surface area contributed by atoms with E-state index in [1.54, 1.807) is 12.1 Å². The number of hydrogen-bond acceptors (Lipinski definition) is 4. The van der Waals surface area contributed by atoms with Crippen LogP contribution in [-0.2, 0) is 6.54 Å². The van der Waals surface area contributed by atoms with E-state index in [2.05, 4.69) is 17.6 Å². The molecule has 0 spiro atoms. The normalized spacial score (nSPS) is 20.0. The van der Waals surface area contributed by atoms with Crippen LogP contribution in [0.4, 0.5) is 5.69 Å². The molecule has 1 saturated heterocycles. The lowest BCUT2D eigenvalue weighted by Gasteiger charge is -2.18. The molecule has 0 saturated carbocycles. The predicted octanol–water partition coefficient (Wildman–Crippen LogP) is 2.52. The van der Waals surface area contributed by atoms with E-state index in [9.17, 15) is 10.1 Å². The summed E-state index contributed by atoms with van der Waals surface area (Å²) in [5.41, 5.74) is 1.97. The highest BCUT2D eigenvalue weighted by molar-refractivity contribution is 5.44. The van der Waals surface area contributed by atoms with Gasteiger partial charge in [-0.1, -0.05) is 12.1 Å². The molecule has 110 valence electrons. The van der Waals surface area contributed by atoms with E-state index in [-0.39, 0.29) is 10.6 Å². The van der Waals surface area contributed by atoms with Crippen molar-refractivity contribution in [1.82, 2.24) is 10.6 Å². The second-order valence-corrected chi connectivity index (χ2v) is 5.63. The van der Waals surface area contributed by atoms with Crippen molar-refractivity contribution in [2.75, 3.05) is 6.54 Å². The van der Waals surface area contributed by atoms with Crippen molar-refractivity contribution in [3.05, 3.63) is 39.4 Å². The fraction of sp³-hybridized carbons (Fsp3) is 0.600. The van der Waals surface area contributed by atoms with Gasteiger partial charge in [0.25, 0.3) is 5.69 Å². The van der Waals surface area contributed by atoms with Crippen LogP contribution in [0.15, 0.2) is 18.2 Å². The highest BCUT2D eigenvalue weighted by Crippen LogP contribution is 2.21. The molecule has 0 amide bonds. The van der Waals surface area contributed by atoms with E-state index in [1.807, 2.05) is 13.0 Å². The van der Waals surface area contributed by atoms with Crippen molar-refractivity contribution in [1.29, 1.82) is 0 Å². The fourth-order valence-corrected chi connectivity index (χ4v) is 2.81. The molecule has 5 heteroatoms. The number of rotatable bonds is 6. The molecule has 2 unspecified atom stereocenters. The summed E-state index contributed by atoms with van der Waals surface area (Å²) in [6.07, 6.45) is 3.62. The van der Waals surface area contributed by atoms with E-state index < -0.39 is 0 Å². The molecule has 1 fully saturated rings. The molecular formula is C15H23N3O2. The van der Waals surface area contributed by atoms with Gasteiger partial charge in [0.15, 0.2) is 0 Å². The minimum absolute atomic E-state index is 0.203. The Morgan fingerprint density at radius 3 is 3.00 bits per heavy atom. The van der Waals surface area contributed by atoms with Crippen molar-refractivity contribution in [2.45, 2.75) is 51.7 Å². The standard InChI is InChI=1S/C15H23N3O2/c1-11(9-14-6-4-8-16-14)17-10-13-5-3-7-15(12(13)2)18(19)20/h3,5,7,11,14,16-17H,4,6,8-10H2,1-2H3. The zero-order valence-electron chi connectivity index (χ0n) is 12.2. The molecule has 2 atom stereocenters. The Morgan fingerprint density at radius 1 is 1.55 bits per heavy atom. The quantitative estimate of drug-likeness (QED) is 0.619. The van der Waals surface area contributed by atoms with Gasteiger partial charge in [0.05, 0.1) is 4.92 Å². The van der Waals surface area contributed by atoms with E-state index in [4.69, 9.17) is 0 Å². The maximum atomic E-state index is 10.9. The lowest BCUT2D eigenvalue weighted by molar-refractivity contribution is -0.385. The zero-order valence-corrected chi connectivity index (χ0v) is 12.2. The molecule has 1 aromatic rings. The van der Waals surface area contributed by atoms with Gasteiger partial charge in [0, 0.05) is 30.3 Å². The summed E-state index contributed by atoms with van der Waals surface area (Å²) in [4.78, 5) is 10.6. The molecule has 0 radical (unpaired) electrons. The molecular weight excluding hydrogens is 254 g/mol. The second-order valence-electron chi connectivity index (χ2n) is 5.63. The molecule has 5 nitrogen and oxygen atoms in total. The Bertz CT molecular complexity index is 470. The van der Waals surface area contributed by atoms with Gasteiger partial charge in [-0.25, -0.2) is 0 Å². The Kier molecular flexibility index (Phi) is 5.09. The SMILES string of the molecule is Cc1c(CNC(C)CC2CCCN2)cccc1[N+](=O)[O-]. The summed E-state index contributed by atoms with van der Waals surface area (Å²) in [5, 5.41) is 17.9. The van der Waals surface area contributed by atoms with Crippen LogP contribution in [0, 0.1) is 17.0 Å². The lowest BCUT2D eigenvalue weighted by Crippen LogP contribution is -2.33. The number of nitrogens with one attached hydrogen (secondary N) is 2. The lowest BCUT2D eigenvalue weighted by atomic mass is 10.0. The Morgan fingerprint density at radius 2 is 2.35 bits per heavy atom. The topological polar surface area (TPSA) is 67.2 Å². The van der Waals surface area contributed by atoms with Crippen LogP contribution >= 0.6 is 0 Å². The molecule has 0 bridgehead atoms. The average Bonchev–Trinajstić information content (AvgIpc) is 2.90. The van der Waals surface area contributed by atoms with E-state index >= 15 is 0 Å². The molecule has 1 aliphatic rings. The highest BCUT2D eigenvalue weighted by Gasteiger charge is 2.17. The molecule has 20 heavy (non-hydrogen) atoms. The third-order valence-corrected chi connectivity index (χ3v) is 4.06. The third kappa shape index (κ3) is 3.77. The minimum atomic E-state index is -0.315. The monoisotopic (exact) mass is 277 g/mol. The summed E-state index contributed by atoms with van der Waals surface area (Å²) in [6.45, 7) is 5.80. The largest absolute Gasteiger partial charge is 0.314 e. The Balaban J connectivity index is 1.90. The number of nitro groups is 1. The molecule has 0 aromatic heterocycles. The van der Waals surface area contributed by atoms with Crippen molar-refractivity contribution in [3.8, 4) is 0 Å². The molecule has 1 heterocycles. The van der Waals surface area contributed by atoms with Gasteiger partial charge in [-0.15, -0.1) is 0 Å². The first-order valence-electron chi connectivity index (χ1n) is 7.27. The first-order valence-corrected chi connectivity index (χ1v) is 7.27. The van der Waals surface area contributed by atoms with Gasteiger partial charge in [-0.3, -0.25) is 10.1 Å². The maximum absolute atomic E-state index is 10.9. The maximum Gasteiger partial charge on any atom is 0.272 e. The van der Waals surface area contributed by atoms with Gasteiger partial charge < -0.3 is 10.6 Å². The molecule has 2 rings (SSSR count). The van der Waals surface area contributed by atoms with Crippen molar-refractivity contribution in [3.63, 3.8) is 0 Å². The first kappa shape index (κ1) is 14.9. The summed E-state index contributed by atoms with van der Waals surface area (Å²) in [7, 11) is 0. The molecule has 0 aliphatic carbocycles. The zero-order chi connectivity index (χ0) is 14.5. The second kappa shape index (κ2) is 6.81. The summed E-state index contributed by atoms with van der Waals surface area (Å²) in [5.74, 6) is 0. The van der Waals surface area contributed by atoms with Gasteiger partial charge in [0.1, 0.15) is 0 Å². The molecule has 1 aromatic carbocycles. The highest BCUT2D eigenvalue weighted by atomic mass is 16.6. The number of benzene rings is 1. The average molecular weight is 277 g/mol. The van der Waals surface area contributed by atoms with Crippen molar-refractivity contribution < 1.29 is 4.92 Å². The number of nitro benzene ring substituents is 1. The first-order chi connectivity index (χ1) is 9.58. The molecule has 1 aliphatic heterocycles. The molecule has 2 N–H and O–H groups in total. The smallest absolute Gasteiger partial charge is 0.272 e. The van der Waals surface area contributed by atoms with E-state index in [0.29, 0.717) is 18.6 Å². The fourth-order valence-electron chi connectivity index (χ4n) is 2.81. The summed E-state index contributed by atoms with van der Waals surface area (Å²) in [6, 6.07) is 6.29. The van der Waals surface area contributed by atoms with Gasteiger partial charge in [0.2, 0.25) is 0 Å². The van der Waals surface area contributed by atoms with E-state index in [0.717, 1.165) is 24.1 Å². The minimum Gasteiger partial charge on any atom is -0.314 e. The predicted molar refractivity (Wildman–Crippen MR) is 79.8 cm³/mol. The van der Waals surface area contributed by atoms with Crippen LogP contribution in [0.3, 0.4) is 0 Å². The van der Waals surface area contributed by atoms with Crippen LogP contribution in [0.5, 0.6) is 0 Å². The van der Waals surface area contributed by atoms with Crippen LogP contribution in [0.2, 0.25) is 0 Å². The Hall–Kier alpha value is -1.46. The number of nitrogens with zero attached hydrogens (tertiary/aromatic N) is 1. The van der Waals surface area contributed by atoms with Crippen molar-refractivity contribution in [2.24, 2.45) is 0 Å². The van der Waals surface area contributed by atoms with Crippen LogP contribution in [-0.4, -0.2) is 23.6 Å².